The van der Waals surface area contributed by atoms with E-state index in [1.165, 1.54) is 24.3 Å². The number of carbonyl (C=O) groups excluding carboxylic acids is 1. The van der Waals surface area contributed by atoms with Crippen molar-refractivity contribution in [2.75, 3.05) is 5.32 Å². The van der Waals surface area contributed by atoms with Crippen LogP contribution in [-0.4, -0.2) is 27.4 Å². The van der Waals surface area contributed by atoms with Gasteiger partial charge in [-0.05, 0) is 12.1 Å². The van der Waals surface area contributed by atoms with Crippen LogP contribution in [-0.2, 0) is 0 Å². The normalized spacial score (nSPS) is 10.6. The Morgan fingerprint density at radius 3 is 2.86 bits per heavy atom. The van der Waals surface area contributed by atoms with Gasteiger partial charge < -0.3 is 15.2 Å². The van der Waals surface area contributed by atoms with Crippen molar-refractivity contribution < 1.29 is 23.8 Å². The van der Waals surface area contributed by atoms with Crippen molar-refractivity contribution in [2.45, 2.75) is 0 Å². The summed E-state index contributed by atoms with van der Waals surface area (Å²) in [5.74, 6) is -1.05. The molecule has 0 aliphatic carbocycles. The lowest BCUT2D eigenvalue weighted by Gasteiger charge is -2.03. The van der Waals surface area contributed by atoms with Crippen molar-refractivity contribution in [3.63, 3.8) is 0 Å². The quantitative estimate of drug-likeness (QED) is 0.643. The molecule has 0 saturated carbocycles. The van der Waals surface area contributed by atoms with Gasteiger partial charge in [0.25, 0.3) is 5.91 Å². The number of hydrogen-bond donors (Lipinski definition) is 3. The molecule has 3 N–H and O–H groups in total. The number of fused-ring (bicyclic) bond motifs is 1. The minimum absolute atomic E-state index is 0.109. The predicted molar refractivity (Wildman–Crippen MR) is 77.0 cm³/mol. The zero-order chi connectivity index (χ0) is 15.7. The topological polar surface area (TPSA) is 104 Å². The van der Waals surface area contributed by atoms with Crippen LogP contribution >= 0.6 is 11.3 Å². The van der Waals surface area contributed by atoms with Crippen LogP contribution in [0.2, 0.25) is 0 Å². The second-order valence-corrected chi connectivity index (χ2v) is 5.18. The molecule has 0 unspecified atom stereocenters. The molecule has 1 aromatic carbocycles. The number of benzene rings is 1. The molecule has 2 aromatic heterocycles. The third kappa shape index (κ3) is 2.61. The van der Waals surface area contributed by atoms with Crippen LogP contribution < -0.4 is 10.1 Å². The fourth-order valence-corrected chi connectivity index (χ4v) is 2.69. The number of aromatic nitrogens is 2. The number of ether oxygens (including phenoxy) is 1. The van der Waals surface area contributed by atoms with Crippen LogP contribution in [0.1, 0.15) is 10.4 Å². The largest absolute Gasteiger partial charge is 0.512 e. The van der Waals surface area contributed by atoms with Gasteiger partial charge in [-0.15, -0.1) is 0 Å². The summed E-state index contributed by atoms with van der Waals surface area (Å²) >= 11 is 1.00. The first-order valence-electron chi connectivity index (χ1n) is 5.99. The number of H-pyrrole nitrogens is 1. The highest BCUT2D eigenvalue weighted by molar-refractivity contribution is 7.20. The molecular weight excluding hydrogens is 313 g/mol. The molecule has 2 heterocycles. The third-order valence-corrected chi connectivity index (χ3v) is 3.68. The molecule has 0 bridgehead atoms. The zero-order valence-corrected chi connectivity index (χ0v) is 11.6. The number of hydrogen-bond acceptors (Lipinski definition) is 5. The molecule has 0 saturated heterocycles. The molecule has 0 fully saturated rings. The van der Waals surface area contributed by atoms with Crippen LogP contribution in [0.15, 0.2) is 30.3 Å². The number of nitrogens with one attached hydrogen (secondary N) is 2. The molecule has 0 aliphatic rings. The van der Waals surface area contributed by atoms with E-state index in [0.29, 0.717) is 10.2 Å². The van der Waals surface area contributed by atoms with Gasteiger partial charge in [-0.3, -0.25) is 9.89 Å². The summed E-state index contributed by atoms with van der Waals surface area (Å²) in [5, 5.41) is 18.2. The Morgan fingerprint density at radius 2 is 2.14 bits per heavy atom. The van der Waals surface area contributed by atoms with E-state index < -0.39 is 17.9 Å². The minimum Gasteiger partial charge on any atom is -0.449 e. The molecule has 0 atom stereocenters. The summed E-state index contributed by atoms with van der Waals surface area (Å²) in [6, 6.07) is 6.99. The first-order valence-corrected chi connectivity index (χ1v) is 6.81. The lowest BCUT2D eigenvalue weighted by molar-refractivity contribution is 0.102. The molecule has 0 aliphatic heterocycles. The molecule has 0 spiro atoms. The maximum atomic E-state index is 13.6. The van der Waals surface area contributed by atoms with Gasteiger partial charge in [-0.25, -0.2) is 9.18 Å². The van der Waals surface area contributed by atoms with E-state index in [1.807, 2.05) is 0 Å². The average molecular weight is 321 g/mol. The Kier molecular flexibility index (Phi) is 3.47. The third-order valence-electron chi connectivity index (χ3n) is 2.77. The fraction of sp³-hybridized carbons (Fsp3) is 0. The summed E-state index contributed by atoms with van der Waals surface area (Å²) < 4.78 is 18.1. The van der Waals surface area contributed by atoms with Crippen LogP contribution in [0.25, 0.3) is 10.2 Å². The summed E-state index contributed by atoms with van der Waals surface area (Å²) in [7, 11) is 0. The first-order chi connectivity index (χ1) is 10.5. The summed E-state index contributed by atoms with van der Waals surface area (Å²) in [4.78, 5) is 23.0. The van der Waals surface area contributed by atoms with Crippen LogP contribution in [0, 0.1) is 5.82 Å². The standard InChI is InChI=1S/C13H8FN3O4S/c14-8-4-2-1-3-6(8)11(18)15-10-7-5-9(21-13(19)20)22-12(7)17-16-10/h1-5H,(H,19,20)(H2,15,16,17,18). The van der Waals surface area contributed by atoms with Crippen LogP contribution in [0.3, 0.4) is 0 Å². The van der Waals surface area contributed by atoms with Gasteiger partial charge in [0.15, 0.2) is 9.89 Å². The van der Waals surface area contributed by atoms with E-state index in [0.717, 1.165) is 11.3 Å². The van der Waals surface area contributed by atoms with Gasteiger partial charge in [0.1, 0.15) is 11.6 Å². The molecule has 9 heteroatoms. The highest BCUT2D eigenvalue weighted by Crippen LogP contribution is 2.34. The first kappa shape index (κ1) is 14.0. The van der Waals surface area contributed by atoms with Gasteiger partial charge in [-0.2, -0.15) is 5.10 Å². The lowest BCUT2D eigenvalue weighted by Crippen LogP contribution is -2.14. The van der Waals surface area contributed by atoms with Crippen molar-refractivity contribution in [1.82, 2.24) is 10.2 Å². The van der Waals surface area contributed by atoms with Gasteiger partial charge >= 0.3 is 6.16 Å². The number of anilines is 1. The molecule has 3 aromatic rings. The van der Waals surface area contributed by atoms with Gasteiger partial charge in [0, 0.05) is 6.07 Å². The zero-order valence-electron chi connectivity index (χ0n) is 10.8. The van der Waals surface area contributed by atoms with Gasteiger partial charge in [0.2, 0.25) is 0 Å². The average Bonchev–Trinajstić information content (AvgIpc) is 3.00. The maximum Gasteiger partial charge on any atom is 0.512 e. The second kappa shape index (κ2) is 5.45. The number of halogens is 1. The molecule has 112 valence electrons. The smallest absolute Gasteiger partial charge is 0.449 e. The van der Waals surface area contributed by atoms with E-state index in [9.17, 15) is 14.0 Å². The molecule has 1 amide bonds. The summed E-state index contributed by atoms with van der Waals surface area (Å²) in [6.07, 6.45) is -1.44. The Hall–Kier alpha value is -2.94. The number of carbonyl (C=O) groups is 2. The highest BCUT2D eigenvalue weighted by atomic mass is 32.1. The van der Waals surface area contributed by atoms with Crippen molar-refractivity contribution in [3.05, 3.63) is 41.7 Å². The van der Waals surface area contributed by atoms with E-state index in [4.69, 9.17) is 5.11 Å². The number of thiophene rings is 1. The van der Waals surface area contributed by atoms with E-state index in [-0.39, 0.29) is 16.4 Å². The molecule has 22 heavy (non-hydrogen) atoms. The van der Waals surface area contributed by atoms with E-state index in [2.05, 4.69) is 20.3 Å². The van der Waals surface area contributed by atoms with Crippen LogP contribution in [0.4, 0.5) is 15.0 Å². The Bertz CT molecular complexity index is 873. The Labute approximate surface area is 126 Å². The predicted octanol–water partition coefficient (Wildman–Crippen LogP) is 3.07. The Morgan fingerprint density at radius 1 is 1.36 bits per heavy atom. The minimum atomic E-state index is -1.44. The number of aromatic amines is 1. The highest BCUT2D eigenvalue weighted by Gasteiger charge is 2.17. The molecule has 7 nitrogen and oxygen atoms in total. The van der Waals surface area contributed by atoms with E-state index >= 15 is 0 Å². The fourth-order valence-electron chi connectivity index (χ4n) is 1.85. The number of carboxylic acid groups (broad SMARTS) is 1. The number of amides is 1. The van der Waals surface area contributed by atoms with Crippen molar-refractivity contribution >= 4 is 39.4 Å². The number of nitrogens with zero attached hydrogens (tertiary/aromatic N) is 1. The SMILES string of the molecule is O=C(O)Oc1cc2c(NC(=O)c3ccccc3F)[nH]nc2s1. The molecular formula is C13H8FN3O4S. The van der Waals surface area contributed by atoms with Gasteiger partial charge in [0.05, 0.1) is 10.9 Å². The van der Waals surface area contributed by atoms with E-state index in [1.54, 1.807) is 6.07 Å². The van der Waals surface area contributed by atoms with Crippen molar-refractivity contribution in [1.29, 1.82) is 0 Å². The lowest BCUT2D eigenvalue weighted by atomic mass is 10.2. The monoisotopic (exact) mass is 321 g/mol. The second-order valence-electron chi connectivity index (χ2n) is 4.18. The Balaban J connectivity index is 1.87. The summed E-state index contributed by atoms with van der Waals surface area (Å²) in [5.41, 5.74) is -0.109. The molecule has 3 rings (SSSR count). The van der Waals surface area contributed by atoms with Crippen LogP contribution in [0.5, 0.6) is 5.06 Å². The van der Waals surface area contributed by atoms with Crippen molar-refractivity contribution in [2.24, 2.45) is 0 Å². The van der Waals surface area contributed by atoms with Gasteiger partial charge in [-0.1, -0.05) is 23.5 Å². The van der Waals surface area contributed by atoms with Crippen molar-refractivity contribution in [3.8, 4) is 5.06 Å². The molecule has 0 radical (unpaired) electrons. The maximum absolute atomic E-state index is 13.6. The number of rotatable bonds is 3. The summed E-state index contributed by atoms with van der Waals surface area (Å²) in [6.45, 7) is 0.